The van der Waals surface area contributed by atoms with Crippen LogP contribution < -0.4 is 0 Å². The van der Waals surface area contributed by atoms with Crippen LogP contribution >= 0.6 is 0 Å². The largest absolute Gasteiger partial charge is 0.376 e. The molecule has 3 nitrogen and oxygen atoms in total. The predicted octanol–water partition coefficient (Wildman–Crippen LogP) is 1.04. The molecule has 0 radical (unpaired) electrons. The Hall–Kier alpha value is -0.830. The van der Waals surface area contributed by atoms with Gasteiger partial charge >= 0.3 is 0 Å². The summed E-state index contributed by atoms with van der Waals surface area (Å²) in [5.74, 6) is 0.478. The second-order valence-electron chi connectivity index (χ2n) is 2.73. The maximum absolute atomic E-state index is 5.31. The van der Waals surface area contributed by atoms with Crippen molar-refractivity contribution in [3.8, 4) is 0 Å². The van der Waals surface area contributed by atoms with Crippen LogP contribution in [0.3, 0.4) is 0 Å². The molecule has 0 spiro atoms. The number of nitrogens with zero attached hydrogens (tertiary/aromatic N) is 1. The maximum atomic E-state index is 5.31. The van der Waals surface area contributed by atoms with Gasteiger partial charge in [0.2, 0.25) is 0 Å². The van der Waals surface area contributed by atoms with E-state index in [9.17, 15) is 0 Å². The van der Waals surface area contributed by atoms with Gasteiger partial charge in [0, 0.05) is 17.2 Å². The van der Waals surface area contributed by atoms with Gasteiger partial charge in [-0.15, -0.1) is 0 Å². The first-order valence-electron chi connectivity index (χ1n) is 3.48. The average molecular weight is 138 g/mol. The number of fused-ring (bicyclic) bond motifs is 1. The molecule has 0 saturated heterocycles. The summed E-state index contributed by atoms with van der Waals surface area (Å²) in [7, 11) is 0. The minimum Gasteiger partial charge on any atom is -0.376 e. The van der Waals surface area contributed by atoms with Crippen molar-refractivity contribution in [1.82, 2.24) is 10.2 Å². The Morgan fingerprint density at radius 2 is 2.70 bits per heavy atom. The minimum absolute atomic E-state index is 0.478. The minimum atomic E-state index is 0.478. The molecule has 1 aliphatic rings. The summed E-state index contributed by atoms with van der Waals surface area (Å²) in [6, 6.07) is 0. The summed E-state index contributed by atoms with van der Waals surface area (Å²) >= 11 is 0. The zero-order valence-corrected chi connectivity index (χ0v) is 5.92. The molecule has 0 saturated carbocycles. The van der Waals surface area contributed by atoms with Gasteiger partial charge < -0.3 is 4.74 Å². The third-order valence-corrected chi connectivity index (χ3v) is 1.87. The lowest BCUT2D eigenvalue weighted by Gasteiger charge is -2.17. The fourth-order valence-corrected chi connectivity index (χ4v) is 1.29. The molecular formula is C7H10N2O. The molecule has 0 aromatic carbocycles. The molecule has 0 aliphatic carbocycles. The molecule has 1 aromatic heterocycles. The van der Waals surface area contributed by atoms with E-state index in [2.05, 4.69) is 17.1 Å². The van der Waals surface area contributed by atoms with Crippen LogP contribution in [-0.4, -0.2) is 16.8 Å². The lowest BCUT2D eigenvalue weighted by atomic mass is 10.0. The van der Waals surface area contributed by atoms with Crippen LogP contribution in [0.2, 0.25) is 0 Å². The number of ether oxygens (including phenoxy) is 1. The van der Waals surface area contributed by atoms with Crippen molar-refractivity contribution in [3.63, 3.8) is 0 Å². The lowest BCUT2D eigenvalue weighted by Crippen LogP contribution is -2.12. The Morgan fingerprint density at radius 1 is 1.80 bits per heavy atom. The normalized spacial score (nSPS) is 24.3. The van der Waals surface area contributed by atoms with E-state index in [0.29, 0.717) is 5.92 Å². The van der Waals surface area contributed by atoms with E-state index in [1.807, 2.05) is 6.20 Å². The second kappa shape index (κ2) is 2.09. The van der Waals surface area contributed by atoms with Gasteiger partial charge in [-0.3, -0.25) is 5.10 Å². The molecule has 0 fully saturated rings. The van der Waals surface area contributed by atoms with Crippen LogP contribution in [0, 0.1) is 0 Å². The molecule has 10 heavy (non-hydrogen) atoms. The number of aromatic amines is 1. The molecule has 54 valence electrons. The molecule has 0 amide bonds. The van der Waals surface area contributed by atoms with Crippen LogP contribution in [0.25, 0.3) is 0 Å². The Morgan fingerprint density at radius 3 is 3.50 bits per heavy atom. The number of H-pyrrole nitrogens is 1. The van der Waals surface area contributed by atoms with Crippen molar-refractivity contribution >= 4 is 0 Å². The summed E-state index contributed by atoms with van der Waals surface area (Å²) in [6.45, 7) is 3.67. The molecule has 3 heteroatoms. The lowest BCUT2D eigenvalue weighted by molar-refractivity contribution is 0.0943. The molecule has 1 aromatic rings. The summed E-state index contributed by atoms with van der Waals surface area (Å²) in [4.78, 5) is 0. The summed E-state index contributed by atoms with van der Waals surface area (Å²) in [5.41, 5.74) is 2.45. The van der Waals surface area contributed by atoms with E-state index < -0.39 is 0 Å². The summed E-state index contributed by atoms with van der Waals surface area (Å²) in [6.07, 6.45) is 1.84. The van der Waals surface area contributed by atoms with Crippen LogP contribution in [0.15, 0.2) is 6.20 Å². The van der Waals surface area contributed by atoms with Crippen LogP contribution in [0.4, 0.5) is 0 Å². The first-order chi connectivity index (χ1) is 4.88. The van der Waals surface area contributed by atoms with Crippen molar-refractivity contribution in [1.29, 1.82) is 0 Å². The highest BCUT2D eigenvalue weighted by atomic mass is 16.5. The van der Waals surface area contributed by atoms with E-state index in [1.54, 1.807) is 0 Å². The fraction of sp³-hybridized carbons (Fsp3) is 0.571. The van der Waals surface area contributed by atoms with Crippen molar-refractivity contribution in [2.24, 2.45) is 0 Å². The molecule has 1 unspecified atom stereocenters. The fourth-order valence-electron chi connectivity index (χ4n) is 1.29. The quantitative estimate of drug-likeness (QED) is 0.581. The number of rotatable bonds is 0. The van der Waals surface area contributed by atoms with Gasteiger partial charge in [-0.25, -0.2) is 0 Å². The Kier molecular flexibility index (Phi) is 1.24. The van der Waals surface area contributed by atoms with Gasteiger partial charge in [-0.1, -0.05) is 6.92 Å². The molecule has 0 bridgehead atoms. The molecular weight excluding hydrogens is 128 g/mol. The molecule has 1 aliphatic heterocycles. The molecule has 2 heterocycles. The Balaban J connectivity index is 2.41. The van der Waals surface area contributed by atoms with Gasteiger partial charge in [0.15, 0.2) is 0 Å². The van der Waals surface area contributed by atoms with Crippen molar-refractivity contribution in [2.75, 3.05) is 6.61 Å². The number of aromatic nitrogens is 2. The highest BCUT2D eigenvalue weighted by molar-refractivity contribution is 5.20. The highest BCUT2D eigenvalue weighted by Crippen LogP contribution is 2.22. The Bertz CT molecular complexity index is 231. The topological polar surface area (TPSA) is 37.9 Å². The standard InChI is InChI=1S/C7H10N2O/c1-5-3-10-4-6-2-8-9-7(5)6/h2,5H,3-4H2,1H3,(H,8,9). The zero-order chi connectivity index (χ0) is 6.97. The monoisotopic (exact) mass is 138 g/mol. The van der Waals surface area contributed by atoms with Crippen LogP contribution in [-0.2, 0) is 11.3 Å². The van der Waals surface area contributed by atoms with E-state index >= 15 is 0 Å². The van der Waals surface area contributed by atoms with Crippen LogP contribution in [0.5, 0.6) is 0 Å². The van der Waals surface area contributed by atoms with Gasteiger partial charge in [-0.2, -0.15) is 5.10 Å². The third-order valence-electron chi connectivity index (χ3n) is 1.87. The van der Waals surface area contributed by atoms with Crippen LogP contribution in [0.1, 0.15) is 24.1 Å². The van der Waals surface area contributed by atoms with Crippen molar-refractivity contribution in [2.45, 2.75) is 19.4 Å². The first-order valence-corrected chi connectivity index (χ1v) is 3.48. The average Bonchev–Trinajstić information content (AvgIpc) is 2.36. The molecule has 1 N–H and O–H groups in total. The molecule has 1 atom stereocenters. The van der Waals surface area contributed by atoms with Gasteiger partial charge in [0.05, 0.1) is 19.4 Å². The molecule has 2 rings (SSSR count). The summed E-state index contributed by atoms with van der Waals surface area (Å²) in [5, 5.41) is 6.93. The second-order valence-corrected chi connectivity index (χ2v) is 2.73. The van der Waals surface area contributed by atoms with Gasteiger partial charge in [0.1, 0.15) is 0 Å². The number of hydrogen-bond donors (Lipinski definition) is 1. The Labute approximate surface area is 59.4 Å². The maximum Gasteiger partial charge on any atom is 0.0750 e. The predicted molar refractivity (Wildman–Crippen MR) is 36.7 cm³/mol. The third kappa shape index (κ3) is 0.743. The summed E-state index contributed by atoms with van der Waals surface area (Å²) < 4.78 is 5.31. The van der Waals surface area contributed by atoms with E-state index in [4.69, 9.17) is 4.74 Å². The van der Waals surface area contributed by atoms with Crippen molar-refractivity contribution in [3.05, 3.63) is 17.5 Å². The van der Waals surface area contributed by atoms with Gasteiger partial charge in [-0.05, 0) is 0 Å². The van der Waals surface area contributed by atoms with E-state index in [1.165, 1.54) is 11.3 Å². The van der Waals surface area contributed by atoms with Crippen molar-refractivity contribution < 1.29 is 4.74 Å². The highest BCUT2D eigenvalue weighted by Gasteiger charge is 2.17. The van der Waals surface area contributed by atoms with Gasteiger partial charge in [0.25, 0.3) is 0 Å². The van der Waals surface area contributed by atoms with E-state index in [-0.39, 0.29) is 0 Å². The smallest absolute Gasteiger partial charge is 0.0750 e. The number of nitrogens with one attached hydrogen (secondary N) is 1. The number of hydrogen-bond acceptors (Lipinski definition) is 2. The first kappa shape index (κ1) is 5.92. The van der Waals surface area contributed by atoms with E-state index in [0.717, 1.165) is 13.2 Å². The zero-order valence-electron chi connectivity index (χ0n) is 5.92. The SMILES string of the molecule is CC1COCc2cn[nH]c21.